The first-order valence-electron chi connectivity index (χ1n) is 9.52. The van der Waals surface area contributed by atoms with Gasteiger partial charge < -0.3 is 5.32 Å². The third-order valence-electron chi connectivity index (χ3n) is 4.81. The Kier molecular flexibility index (Phi) is 4.53. The molecule has 5 rings (SSSR count). The van der Waals surface area contributed by atoms with Gasteiger partial charge in [-0.25, -0.2) is 4.98 Å². The number of pyridine rings is 1. The maximum absolute atomic E-state index is 12.6. The van der Waals surface area contributed by atoms with Crippen LogP contribution in [0.2, 0.25) is 0 Å². The van der Waals surface area contributed by atoms with Gasteiger partial charge in [0, 0.05) is 35.9 Å². The van der Waals surface area contributed by atoms with Crippen molar-refractivity contribution in [2.75, 3.05) is 5.32 Å². The summed E-state index contributed by atoms with van der Waals surface area (Å²) in [5, 5.41) is 7.25. The maximum atomic E-state index is 12.6. The number of para-hydroxylation sites is 2. The molecule has 0 radical (unpaired) electrons. The molecule has 0 fully saturated rings. The van der Waals surface area contributed by atoms with Crippen LogP contribution < -0.4 is 5.32 Å². The van der Waals surface area contributed by atoms with E-state index in [1.54, 1.807) is 41.6 Å². The Morgan fingerprint density at radius 1 is 0.967 bits per heavy atom. The summed E-state index contributed by atoms with van der Waals surface area (Å²) in [7, 11) is 0. The topological polar surface area (TPSA) is 77.6 Å². The molecule has 30 heavy (non-hydrogen) atoms. The summed E-state index contributed by atoms with van der Waals surface area (Å²) >= 11 is 0. The summed E-state index contributed by atoms with van der Waals surface area (Å²) in [4.78, 5) is 21.1. The first-order valence-corrected chi connectivity index (χ1v) is 9.52. The second kappa shape index (κ2) is 7.63. The van der Waals surface area contributed by atoms with Crippen LogP contribution in [0.5, 0.6) is 0 Å². The van der Waals surface area contributed by atoms with Crippen LogP contribution in [-0.2, 0) is 6.54 Å². The molecule has 1 amide bonds. The van der Waals surface area contributed by atoms with E-state index in [0.29, 0.717) is 17.9 Å². The normalized spacial score (nSPS) is 10.9. The quantitative estimate of drug-likeness (QED) is 0.490. The monoisotopic (exact) mass is 394 g/mol. The Morgan fingerprint density at radius 3 is 2.67 bits per heavy atom. The van der Waals surface area contributed by atoms with Crippen molar-refractivity contribution in [1.82, 2.24) is 24.3 Å². The molecule has 3 heterocycles. The van der Waals surface area contributed by atoms with Crippen LogP contribution in [0.4, 0.5) is 5.82 Å². The van der Waals surface area contributed by atoms with Gasteiger partial charge in [-0.1, -0.05) is 18.2 Å². The molecule has 146 valence electrons. The number of hydrogen-bond donors (Lipinski definition) is 1. The molecule has 0 unspecified atom stereocenters. The molecule has 5 aromatic rings. The zero-order chi connectivity index (χ0) is 20.3. The number of rotatable bonds is 5. The van der Waals surface area contributed by atoms with Gasteiger partial charge in [0.05, 0.1) is 17.6 Å². The number of nitrogens with one attached hydrogen (secondary N) is 1. The maximum Gasteiger partial charge on any atom is 0.256 e. The lowest BCUT2D eigenvalue weighted by atomic mass is 10.2. The summed E-state index contributed by atoms with van der Waals surface area (Å²) in [6.07, 6.45) is 7.15. The van der Waals surface area contributed by atoms with Gasteiger partial charge in [-0.15, -0.1) is 0 Å². The lowest BCUT2D eigenvalue weighted by Crippen LogP contribution is -2.13. The number of aromatic nitrogens is 5. The van der Waals surface area contributed by atoms with Crippen molar-refractivity contribution < 1.29 is 4.79 Å². The third-order valence-corrected chi connectivity index (χ3v) is 4.81. The molecule has 0 bridgehead atoms. The summed E-state index contributed by atoms with van der Waals surface area (Å²) in [6, 6.07) is 21.0. The van der Waals surface area contributed by atoms with E-state index in [1.807, 2.05) is 59.3 Å². The second-order valence-corrected chi connectivity index (χ2v) is 6.86. The first-order chi connectivity index (χ1) is 14.8. The van der Waals surface area contributed by atoms with Gasteiger partial charge in [0.25, 0.3) is 5.91 Å². The number of carbonyl (C=O) groups excluding carboxylic acids is 1. The van der Waals surface area contributed by atoms with E-state index in [4.69, 9.17) is 0 Å². The van der Waals surface area contributed by atoms with E-state index in [-0.39, 0.29) is 5.91 Å². The van der Waals surface area contributed by atoms with Crippen molar-refractivity contribution in [3.63, 3.8) is 0 Å². The molecule has 7 nitrogen and oxygen atoms in total. The number of hydrogen-bond acceptors (Lipinski definition) is 4. The minimum absolute atomic E-state index is 0.205. The number of nitrogens with zero attached hydrogens (tertiary/aromatic N) is 5. The van der Waals surface area contributed by atoms with Crippen molar-refractivity contribution in [3.05, 3.63) is 103 Å². The van der Waals surface area contributed by atoms with Gasteiger partial charge in [-0.05, 0) is 48.0 Å². The molecular weight excluding hydrogens is 376 g/mol. The number of imidazole rings is 1. The van der Waals surface area contributed by atoms with Crippen LogP contribution >= 0.6 is 0 Å². The van der Waals surface area contributed by atoms with E-state index in [1.165, 1.54) is 0 Å². The Morgan fingerprint density at radius 2 is 1.83 bits per heavy atom. The average Bonchev–Trinajstić information content (AvgIpc) is 3.41. The van der Waals surface area contributed by atoms with Crippen LogP contribution in [0.3, 0.4) is 0 Å². The Balaban J connectivity index is 1.29. The van der Waals surface area contributed by atoms with E-state index in [9.17, 15) is 4.79 Å². The molecule has 0 atom stereocenters. The zero-order valence-electron chi connectivity index (χ0n) is 16.0. The fourth-order valence-corrected chi connectivity index (χ4v) is 3.32. The Hall–Kier alpha value is -4.26. The smallest absolute Gasteiger partial charge is 0.256 e. The molecule has 0 spiro atoms. The highest BCUT2D eigenvalue weighted by Gasteiger charge is 2.10. The molecule has 0 saturated carbocycles. The second-order valence-electron chi connectivity index (χ2n) is 6.86. The van der Waals surface area contributed by atoms with Gasteiger partial charge in [0.2, 0.25) is 0 Å². The molecule has 7 heteroatoms. The minimum atomic E-state index is -0.205. The van der Waals surface area contributed by atoms with Gasteiger partial charge in [0.15, 0.2) is 5.82 Å². The third kappa shape index (κ3) is 3.56. The number of benzene rings is 2. The van der Waals surface area contributed by atoms with Crippen LogP contribution in [0, 0.1) is 0 Å². The van der Waals surface area contributed by atoms with Crippen LogP contribution in [0.15, 0.2) is 91.6 Å². The molecule has 0 aliphatic carbocycles. The number of amides is 1. The molecule has 0 saturated heterocycles. The van der Waals surface area contributed by atoms with E-state index < -0.39 is 0 Å². The lowest BCUT2D eigenvalue weighted by molar-refractivity contribution is 0.102. The van der Waals surface area contributed by atoms with Crippen molar-refractivity contribution in [1.29, 1.82) is 0 Å². The van der Waals surface area contributed by atoms with Crippen LogP contribution in [0.25, 0.3) is 16.7 Å². The predicted octanol–water partition coefficient (Wildman–Crippen LogP) is 3.92. The lowest BCUT2D eigenvalue weighted by Gasteiger charge is -2.06. The Bertz CT molecular complexity index is 1300. The molecule has 3 aromatic heterocycles. The van der Waals surface area contributed by atoms with Crippen molar-refractivity contribution in [2.24, 2.45) is 0 Å². The van der Waals surface area contributed by atoms with Crippen molar-refractivity contribution in [2.45, 2.75) is 6.54 Å². The molecule has 2 aromatic carbocycles. The number of fused-ring (bicyclic) bond motifs is 1. The Labute approximate surface area is 172 Å². The number of anilines is 1. The minimum Gasteiger partial charge on any atom is -0.305 e. The molecular formula is C23H18N6O. The summed E-state index contributed by atoms with van der Waals surface area (Å²) in [6.45, 7) is 0.595. The van der Waals surface area contributed by atoms with Gasteiger partial charge in [0.1, 0.15) is 6.33 Å². The van der Waals surface area contributed by atoms with Crippen LogP contribution in [-0.4, -0.2) is 30.2 Å². The standard InChI is InChI=1S/C23H18N6O/c30-23(26-22-11-13-28(27-22)15-17-4-3-12-24-14-17)18-7-9-19(10-8-18)29-16-25-20-5-1-2-6-21(20)29/h1-14,16H,15H2,(H,26,27,30). The van der Waals surface area contributed by atoms with Gasteiger partial charge in [-0.3, -0.25) is 19.0 Å². The summed E-state index contributed by atoms with van der Waals surface area (Å²) < 4.78 is 3.76. The molecule has 1 N–H and O–H groups in total. The largest absolute Gasteiger partial charge is 0.305 e. The van der Waals surface area contributed by atoms with E-state index >= 15 is 0 Å². The average molecular weight is 394 g/mol. The van der Waals surface area contributed by atoms with E-state index in [2.05, 4.69) is 20.4 Å². The zero-order valence-corrected chi connectivity index (χ0v) is 16.0. The first kappa shape index (κ1) is 17.8. The van der Waals surface area contributed by atoms with Gasteiger partial charge >= 0.3 is 0 Å². The fourth-order valence-electron chi connectivity index (χ4n) is 3.32. The fraction of sp³-hybridized carbons (Fsp3) is 0.0435. The number of carbonyl (C=O) groups is 1. The highest BCUT2D eigenvalue weighted by atomic mass is 16.1. The SMILES string of the molecule is O=C(Nc1ccn(Cc2cccnc2)n1)c1ccc(-n2cnc3ccccc32)cc1. The van der Waals surface area contributed by atoms with Crippen molar-refractivity contribution >= 4 is 22.8 Å². The predicted molar refractivity (Wildman–Crippen MR) is 115 cm³/mol. The van der Waals surface area contributed by atoms with Gasteiger partial charge in [-0.2, -0.15) is 5.10 Å². The van der Waals surface area contributed by atoms with Crippen molar-refractivity contribution in [3.8, 4) is 5.69 Å². The highest BCUT2D eigenvalue weighted by Crippen LogP contribution is 2.18. The van der Waals surface area contributed by atoms with E-state index in [0.717, 1.165) is 22.3 Å². The summed E-state index contributed by atoms with van der Waals surface area (Å²) in [5.74, 6) is 0.303. The molecule has 0 aliphatic rings. The van der Waals surface area contributed by atoms with Crippen LogP contribution in [0.1, 0.15) is 15.9 Å². The highest BCUT2D eigenvalue weighted by molar-refractivity contribution is 6.03. The summed E-state index contributed by atoms with van der Waals surface area (Å²) in [5.41, 5.74) is 4.50. The molecule has 0 aliphatic heterocycles.